The van der Waals surface area contributed by atoms with Crippen LogP contribution in [-0.2, 0) is 9.59 Å². The summed E-state index contributed by atoms with van der Waals surface area (Å²) >= 11 is 0. The largest absolute Gasteiger partial charge is 0.480 e. The second kappa shape index (κ2) is 6.20. The minimum absolute atomic E-state index is 0.00388. The first kappa shape index (κ1) is 14.2. The van der Waals surface area contributed by atoms with Crippen LogP contribution in [0.5, 0.6) is 0 Å². The van der Waals surface area contributed by atoms with Crippen LogP contribution in [0.1, 0.15) is 13.3 Å². The summed E-state index contributed by atoms with van der Waals surface area (Å²) in [5.74, 6) is -1.52. The molecule has 102 valence electrons. The number of likely N-dealkylation sites (N-methyl/N-ethyl adjacent to an activating group) is 1. The van der Waals surface area contributed by atoms with E-state index in [0.717, 1.165) is 4.90 Å². The lowest BCUT2D eigenvalue weighted by atomic mass is 10.2. The van der Waals surface area contributed by atoms with E-state index in [2.05, 4.69) is 10.6 Å². The summed E-state index contributed by atoms with van der Waals surface area (Å²) in [5.41, 5.74) is 0. The van der Waals surface area contributed by atoms with Crippen molar-refractivity contribution in [2.75, 3.05) is 19.6 Å². The van der Waals surface area contributed by atoms with Crippen molar-refractivity contribution in [2.24, 2.45) is 0 Å². The van der Waals surface area contributed by atoms with Gasteiger partial charge in [0.15, 0.2) is 0 Å². The van der Waals surface area contributed by atoms with Gasteiger partial charge in [-0.15, -0.1) is 0 Å². The Hall–Kier alpha value is -1.83. The van der Waals surface area contributed by atoms with Gasteiger partial charge in [-0.3, -0.25) is 4.79 Å². The van der Waals surface area contributed by atoms with Gasteiger partial charge in [-0.1, -0.05) is 0 Å². The summed E-state index contributed by atoms with van der Waals surface area (Å²) in [6.07, 6.45) is -0.842. The zero-order valence-electron chi connectivity index (χ0n) is 10.0. The van der Waals surface area contributed by atoms with Crippen LogP contribution in [0.4, 0.5) is 4.79 Å². The van der Waals surface area contributed by atoms with Gasteiger partial charge in [-0.05, 0) is 6.92 Å². The number of nitrogens with one attached hydrogen (secondary N) is 2. The highest BCUT2D eigenvalue weighted by molar-refractivity contribution is 5.87. The fraction of sp³-hybridized carbons (Fsp3) is 0.700. The Labute approximate surface area is 104 Å². The monoisotopic (exact) mass is 259 g/mol. The van der Waals surface area contributed by atoms with E-state index < -0.39 is 24.1 Å². The molecule has 0 unspecified atom stereocenters. The highest BCUT2D eigenvalue weighted by Gasteiger charge is 2.38. The highest BCUT2D eigenvalue weighted by atomic mass is 16.4. The number of amides is 3. The van der Waals surface area contributed by atoms with Crippen molar-refractivity contribution in [3.05, 3.63) is 0 Å². The topological polar surface area (TPSA) is 119 Å². The molecule has 0 aromatic heterocycles. The number of carbonyl (C=O) groups excluding carboxylic acids is 2. The lowest BCUT2D eigenvalue weighted by Crippen LogP contribution is -2.48. The summed E-state index contributed by atoms with van der Waals surface area (Å²) in [7, 11) is 0. The number of carbonyl (C=O) groups is 3. The maximum Gasteiger partial charge on any atom is 0.326 e. The Morgan fingerprint density at radius 1 is 1.33 bits per heavy atom. The van der Waals surface area contributed by atoms with E-state index in [1.54, 1.807) is 6.92 Å². The van der Waals surface area contributed by atoms with E-state index in [4.69, 9.17) is 5.11 Å². The van der Waals surface area contributed by atoms with Gasteiger partial charge in [-0.2, -0.15) is 0 Å². The predicted molar refractivity (Wildman–Crippen MR) is 60.8 cm³/mol. The van der Waals surface area contributed by atoms with Crippen LogP contribution >= 0.6 is 0 Å². The van der Waals surface area contributed by atoms with Crippen molar-refractivity contribution < 1.29 is 24.6 Å². The van der Waals surface area contributed by atoms with E-state index in [1.165, 1.54) is 0 Å². The molecule has 0 aromatic rings. The Bertz CT molecular complexity index is 346. The van der Waals surface area contributed by atoms with Gasteiger partial charge in [0.05, 0.1) is 12.6 Å². The van der Waals surface area contributed by atoms with Crippen LogP contribution in [0.2, 0.25) is 0 Å². The van der Waals surface area contributed by atoms with Crippen LogP contribution in [0.3, 0.4) is 0 Å². The van der Waals surface area contributed by atoms with Crippen LogP contribution in [0, 0.1) is 0 Å². The van der Waals surface area contributed by atoms with E-state index in [9.17, 15) is 19.5 Å². The van der Waals surface area contributed by atoms with E-state index in [-0.39, 0.29) is 25.4 Å². The molecule has 0 bridgehead atoms. The maximum atomic E-state index is 11.7. The summed E-state index contributed by atoms with van der Waals surface area (Å²) in [4.78, 5) is 34.7. The zero-order chi connectivity index (χ0) is 13.7. The van der Waals surface area contributed by atoms with Gasteiger partial charge >= 0.3 is 12.0 Å². The molecule has 1 heterocycles. The van der Waals surface area contributed by atoms with Gasteiger partial charge in [-0.25, -0.2) is 9.59 Å². The molecule has 3 amide bonds. The number of rotatable bonds is 4. The third-order valence-electron chi connectivity index (χ3n) is 2.60. The fourth-order valence-electron chi connectivity index (χ4n) is 1.79. The van der Waals surface area contributed by atoms with E-state index in [1.807, 2.05) is 0 Å². The van der Waals surface area contributed by atoms with Crippen LogP contribution < -0.4 is 10.6 Å². The van der Waals surface area contributed by atoms with E-state index >= 15 is 0 Å². The number of carboxylic acids is 1. The van der Waals surface area contributed by atoms with Crippen molar-refractivity contribution in [3.8, 4) is 0 Å². The number of nitrogens with zero attached hydrogens (tertiary/aromatic N) is 1. The molecular formula is C10H17N3O5. The Morgan fingerprint density at radius 3 is 2.56 bits per heavy atom. The van der Waals surface area contributed by atoms with E-state index in [0.29, 0.717) is 6.54 Å². The first-order valence-electron chi connectivity index (χ1n) is 5.67. The number of β-amino-alcohol motifs (C(OH)–C–C–N with tert-alkyl or cyclic N) is 1. The molecule has 1 fully saturated rings. The highest BCUT2D eigenvalue weighted by Crippen LogP contribution is 2.17. The van der Waals surface area contributed by atoms with Crippen molar-refractivity contribution in [3.63, 3.8) is 0 Å². The SMILES string of the molecule is CCNC(=O)CNC(=O)N1C[C@H](O)C[C@H]1C(=O)O. The number of aliphatic carboxylic acids is 1. The Kier molecular flexibility index (Phi) is 4.90. The summed E-state index contributed by atoms with van der Waals surface area (Å²) in [6.45, 7) is 1.94. The molecule has 1 aliphatic heterocycles. The normalized spacial score (nSPS) is 22.7. The van der Waals surface area contributed by atoms with Crippen LogP contribution in [-0.4, -0.2) is 64.8 Å². The molecular weight excluding hydrogens is 242 g/mol. The number of aliphatic hydroxyl groups excluding tert-OH is 1. The molecule has 0 radical (unpaired) electrons. The molecule has 4 N–H and O–H groups in total. The summed E-state index contributed by atoms with van der Waals surface area (Å²) < 4.78 is 0. The fourth-order valence-corrected chi connectivity index (χ4v) is 1.79. The predicted octanol–water partition coefficient (Wildman–Crippen LogP) is -1.65. The lowest BCUT2D eigenvalue weighted by Gasteiger charge is -2.21. The lowest BCUT2D eigenvalue weighted by molar-refractivity contribution is -0.141. The van der Waals surface area contributed by atoms with Crippen molar-refractivity contribution >= 4 is 17.9 Å². The minimum atomic E-state index is -1.17. The van der Waals surface area contributed by atoms with Crippen molar-refractivity contribution in [2.45, 2.75) is 25.5 Å². The number of hydrogen-bond acceptors (Lipinski definition) is 4. The van der Waals surface area contributed by atoms with Crippen LogP contribution in [0.15, 0.2) is 0 Å². The maximum absolute atomic E-state index is 11.7. The number of aliphatic hydroxyl groups is 1. The first-order chi connectivity index (χ1) is 8.45. The van der Waals surface area contributed by atoms with Gasteiger partial charge in [0, 0.05) is 19.5 Å². The summed E-state index contributed by atoms with van der Waals surface area (Å²) in [6, 6.07) is -1.71. The number of carboxylic acid groups (broad SMARTS) is 1. The van der Waals surface area contributed by atoms with Crippen molar-refractivity contribution in [1.82, 2.24) is 15.5 Å². The molecule has 1 rings (SSSR count). The molecule has 18 heavy (non-hydrogen) atoms. The minimum Gasteiger partial charge on any atom is -0.480 e. The molecule has 1 saturated heterocycles. The Morgan fingerprint density at radius 2 is 2.00 bits per heavy atom. The molecule has 0 saturated carbocycles. The second-order valence-electron chi connectivity index (χ2n) is 4.01. The van der Waals surface area contributed by atoms with Crippen molar-refractivity contribution in [1.29, 1.82) is 0 Å². The van der Waals surface area contributed by atoms with Gasteiger partial charge < -0.3 is 25.7 Å². The van der Waals surface area contributed by atoms with Gasteiger partial charge in [0.25, 0.3) is 0 Å². The number of urea groups is 1. The third kappa shape index (κ3) is 3.59. The number of likely N-dealkylation sites (tertiary alicyclic amines) is 1. The second-order valence-corrected chi connectivity index (χ2v) is 4.01. The Balaban J connectivity index is 2.50. The average molecular weight is 259 g/mol. The molecule has 8 nitrogen and oxygen atoms in total. The number of hydrogen-bond donors (Lipinski definition) is 4. The zero-order valence-corrected chi connectivity index (χ0v) is 10.0. The van der Waals surface area contributed by atoms with Crippen LogP contribution in [0.25, 0.3) is 0 Å². The molecule has 2 atom stereocenters. The third-order valence-corrected chi connectivity index (χ3v) is 2.60. The molecule has 0 spiro atoms. The smallest absolute Gasteiger partial charge is 0.326 e. The molecule has 1 aliphatic rings. The average Bonchev–Trinajstić information content (AvgIpc) is 2.69. The van der Waals surface area contributed by atoms with Gasteiger partial charge in [0.2, 0.25) is 5.91 Å². The summed E-state index contributed by atoms with van der Waals surface area (Å²) in [5, 5.41) is 23.1. The quantitative estimate of drug-likeness (QED) is 0.482. The van der Waals surface area contributed by atoms with Gasteiger partial charge in [0.1, 0.15) is 6.04 Å². The molecule has 0 aliphatic carbocycles. The first-order valence-corrected chi connectivity index (χ1v) is 5.67. The molecule has 0 aromatic carbocycles. The molecule has 8 heteroatoms. The standard InChI is InChI=1S/C10H17N3O5/c1-2-11-8(15)4-12-10(18)13-5-6(14)3-7(13)9(16)17/h6-7,14H,2-5H2,1H3,(H,11,15)(H,12,18)(H,16,17)/t6-,7+/m1/s1.